The maximum atomic E-state index is 12.8. The van der Waals surface area contributed by atoms with Crippen LogP contribution in [0.5, 0.6) is 5.75 Å². The third kappa shape index (κ3) is 7.05. The second-order valence-electron chi connectivity index (χ2n) is 10.3. The molecule has 3 heterocycles. The topological polar surface area (TPSA) is 67.7 Å². The standard InChI is InChI=1S/C27H35F3N4O3/c1-32-20-26(12-5-4-8-21-7-2-3-9-22(21)37-18-6-10-24(32)35)13-16-33(17-14-26)25(36)19-34-15-11-23(31-34)27(28,29)30/h2-3,7,9,11,15H,4-6,8,10,12-14,16-20H2,1H3. The van der Waals surface area contributed by atoms with Gasteiger partial charge in [-0.2, -0.15) is 18.3 Å². The first-order chi connectivity index (χ1) is 17.7. The highest BCUT2D eigenvalue weighted by molar-refractivity contribution is 5.76. The van der Waals surface area contributed by atoms with E-state index in [0.717, 1.165) is 55.0 Å². The number of aryl methyl sites for hydroxylation is 1. The zero-order chi connectivity index (χ0) is 26.5. The Morgan fingerprint density at radius 1 is 1.05 bits per heavy atom. The molecule has 1 aromatic carbocycles. The number of alkyl halides is 3. The number of fused-ring (bicyclic) bond motifs is 1. The van der Waals surface area contributed by atoms with Gasteiger partial charge in [0.05, 0.1) is 6.61 Å². The van der Waals surface area contributed by atoms with Gasteiger partial charge in [-0.3, -0.25) is 14.3 Å². The summed E-state index contributed by atoms with van der Waals surface area (Å²) in [5.74, 6) is 0.737. The maximum absolute atomic E-state index is 12.8. The second kappa shape index (κ2) is 11.6. The van der Waals surface area contributed by atoms with Crippen molar-refractivity contribution in [2.75, 3.05) is 33.3 Å². The van der Waals surface area contributed by atoms with Crippen LogP contribution in [-0.2, 0) is 28.7 Å². The van der Waals surface area contributed by atoms with Crippen LogP contribution in [0.3, 0.4) is 0 Å². The van der Waals surface area contributed by atoms with Crippen molar-refractivity contribution in [3.05, 3.63) is 47.8 Å². The van der Waals surface area contributed by atoms with E-state index in [1.165, 1.54) is 11.8 Å². The Hall–Kier alpha value is -3.04. The minimum absolute atomic E-state index is 0.0868. The van der Waals surface area contributed by atoms with E-state index < -0.39 is 11.9 Å². The molecule has 202 valence electrons. The quantitative estimate of drug-likeness (QED) is 0.583. The molecule has 1 saturated heterocycles. The summed E-state index contributed by atoms with van der Waals surface area (Å²) in [6.45, 7) is 1.96. The lowest BCUT2D eigenvalue weighted by atomic mass is 9.73. The van der Waals surface area contributed by atoms with E-state index in [1.54, 1.807) is 4.90 Å². The zero-order valence-electron chi connectivity index (χ0n) is 21.3. The molecule has 2 amide bonds. The molecular formula is C27H35F3N4O3. The number of carbonyl (C=O) groups excluding carboxylic acids is 2. The predicted molar refractivity (Wildman–Crippen MR) is 132 cm³/mol. The Morgan fingerprint density at radius 3 is 2.54 bits per heavy atom. The lowest BCUT2D eigenvalue weighted by molar-refractivity contribution is -0.142. The van der Waals surface area contributed by atoms with E-state index in [-0.39, 0.29) is 23.8 Å². The number of rotatable bonds is 2. The summed E-state index contributed by atoms with van der Waals surface area (Å²) in [5, 5.41) is 3.50. The molecule has 2 aromatic rings. The molecule has 37 heavy (non-hydrogen) atoms. The highest BCUT2D eigenvalue weighted by Crippen LogP contribution is 2.38. The lowest BCUT2D eigenvalue weighted by Gasteiger charge is -2.44. The number of amides is 2. The zero-order valence-corrected chi connectivity index (χ0v) is 21.3. The van der Waals surface area contributed by atoms with Gasteiger partial charge in [0, 0.05) is 39.3 Å². The Balaban J connectivity index is 1.39. The summed E-state index contributed by atoms with van der Waals surface area (Å²) < 4.78 is 45.5. The molecule has 10 heteroatoms. The highest BCUT2D eigenvalue weighted by atomic mass is 19.4. The van der Waals surface area contributed by atoms with Gasteiger partial charge in [0.2, 0.25) is 11.8 Å². The number of hydrogen-bond acceptors (Lipinski definition) is 4. The molecule has 0 atom stereocenters. The van der Waals surface area contributed by atoms with Crippen molar-refractivity contribution in [1.29, 1.82) is 0 Å². The van der Waals surface area contributed by atoms with Gasteiger partial charge < -0.3 is 14.5 Å². The molecular weight excluding hydrogens is 485 g/mol. The second-order valence-corrected chi connectivity index (χ2v) is 10.3. The van der Waals surface area contributed by atoms with Crippen molar-refractivity contribution in [1.82, 2.24) is 19.6 Å². The van der Waals surface area contributed by atoms with Crippen LogP contribution in [0, 0.1) is 5.41 Å². The van der Waals surface area contributed by atoms with Gasteiger partial charge in [0.1, 0.15) is 12.3 Å². The Bertz CT molecular complexity index is 1080. The van der Waals surface area contributed by atoms with Gasteiger partial charge in [0.25, 0.3) is 0 Å². The van der Waals surface area contributed by atoms with E-state index in [9.17, 15) is 22.8 Å². The molecule has 0 unspecified atom stereocenters. The normalized spacial score (nSPS) is 19.7. The monoisotopic (exact) mass is 520 g/mol. The average molecular weight is 521 g/mol. The number of halogens is 3. The molecule has 4 rings (SSSR count). The van der Waals surface area contributed by atoms with E-state index in [0.29, 0.717) is 39.1 Å². The number of hydrogen-bond donors (Lipinski definition) is 0. The number of para-hydroxylation sites is 1. The molecule has 1 spiro atoms. The largest absolute Gasteiger partial charge is 0.493 e. The lowest BCUT2D eigenvalue weighted by Crippen LogP contribution is -2.49. The third-order valence-corrected chi connectivity index (χ3v) is 7.57. The summed E-state index contributed by atoms with van der Waals surface area (Å²) >= 11 is 0. The summed E-state index contributed by atoms with van der Waals surface area (Å²) in [7, 11) is 1.85. The van der Waals surface area contributed by atoms with Gasteiger partial charge in [-0.25, -0.2) is 0 Å². The van der Waals surface area contributed by atoms with Gasteiger partial charge in [-0.1, -0.05) is 24.6 Å². The number of ether oxygens (including phenoxy) is 1. The maximum Gasteiger partial charge on any atom is 0.435 e. The van der Waals surface area contributed by atoms with Crippen LogP contribution >= 0.6 is 0 Å². The Labute approximate surface area is 215 Å². The summed E-state index contributed by atoms with van der Waals surface area (Å²) in [4.78, 5) is 29.2. The fourth-order valence-electron chi connectivity index (χ4n) is 5.41. The van der Waals surface area contributed by atoms with Crippen LogP contribution < -0.4 is 4.74 Å². The number of carbonyl (C=O) groups is 2. The smallest absolute Gasteiger partial charge is 0.435 e. The number of benzene rings is 1. The van der Waals surface area contributed by atoms with Crippen molar-refractivity contribution in [2.45, 2.75) is 64.1 Å². The molecule has 0 aliphatic carbocycles. The Morgan fingerprint density at radius 2 is 1.81 bits per heavy atom. The molecule has 1 fully saturated rings. The minimum atomic E-state index is -4.53. The first kappa shape index (κ1) is 27.0. The number of likely N-dealkylation sites (tertiary alicyclic amines) is 1. The Kier molecular flexibility index (Phi) is 8.44. The summed E-state index contributed by atoms with van der Waals surface area (Å²) in [5.41, 5.74) is 0.0977. The van der Waals surface area contributed by atoms with Crippen LogP contribution in [0.2, 0.25) is 0 Å². The van der Waals surface area contributed by atoms with Crippen LogP contribution in [-0.4, -0.2) is 64.7 Å². The SMILES string of the molecule is CN1CC2(CCCCc3ccccc3OCCCC1=O)CCN(C(=O)Cn1ccc(C(F)(F)F)n1)CC2. The van der Waals surface area contributed by atoms with Crippen molar-refractivity contribution in [2.24, 2.45) is 5.41 Å². The molecule has 1 aromatic heterocycles. The highest BCUT2D eigenvalue weighted by Gasteiger charge is 2.38. The minimum Gasteiger partial charge on any atom is -0.493 e. The van der Waals surface area contributed by atoms with Crippen LogP contribution in [0.1, 0.15) is 56.2 Å². The predicted octanol–water partition coefficient (Wildman–Crippen LogP) is 4.55. The average Bonchev–Trinajstić information content (AvgIpc) is 3.34. The van der Waals surface area contributed by atoms with Gasteiger partial charge in [-0.15, -0.1) is 0 Å². The molecule has 7 nitrogen and oxygen atoms in total. The van der Waals surface area contributed by atoms with E-state index in [2.05, 4.69) is 11.2 Å². The van der Waals surface area contributed by atoms with Crippen LogP contribution in [0.25, 0.3) is 0 Å². The number of piperidine rings is 1. The van der Waals surface area contributed by atoms with Gasteiger partial charge >= 0.3 is 6.18 Å². The fourth-order valence-corrected chi connectivity index (χ4v) is 5.41. The van der Waals surface area contributed by atoms with Crippen LogP contribution in [0.4, 0.5) is 13.2 Å². The fraction of sp³-hybridized carbons (Fsp3) is 0.593. The van der Waals surface area contributed by atoms with Crippen LogP contribution in [0.15, 0.2) is 36.5 Å². The molecule has 0 saturated carbocycles. The molecule has 0 radical (unpaired) electrons. The van der Waals surface area contributed by atoms with E-state index in [1.807, 2.05) is 30.1 Å². The van der Waals surface area contributed by atoms with Crippen molar-refractivity contribution in [3.63, 3.8) is 0 Å². The van der Waals surface area contributed by atoms with E-state index >= 15 is 0 Å². The van der Waals surface area contributed by atoms with Crippen molar-refractivity contribution < 1.29 is 27.5 Å². The van der Waals surface area contributed by atoms with Crippen molar-refractivity contribution >= 4 is 11.8 Å². The first-order valence-electron chi connectivity index (χ1n) is 13.0. The molecule has 2 aliphatic rings. The first-order valence-corrected chi connectivity index (χ1v) is 13.0. The molecule has 0 bridgehead atoms. The summed E-state index contributed by atoms with van der Waals surface area (Å²) in [6, 6.07) is 8.94. The summed E-state index contributed by atoms with van der Waals surface area (Å²) in [6.07, 6.45) is 3.11. The van der Waals surface area contributed by atoms with Gasteiger partial charge in [-0.05, 0) is 61.6 Å². The third-order valence-electron chi connectivity index (χ3n) is 7.57. The molecule has 2 aliphatic heterocycles. The van der Waals surface area contributed by atoms with Gasteiger partial charge in [0.15, 0.2) is 5.69 Å². The van der Waals surface area contributed by atoms with Crippen molar-refractivity contribution in [3.8, 4) is 5.75 Å². The number of nitrogens with zero attached hydrogens (tertiary/aromatic N) is 4. The number of aromatic nitrogens is 2. The van der Waals surface area contributed by atoms with E-state index in [4.69, 9.17) is 4.74 Å². The molecule has 0 N–H and O–H groups in total.